The molecule has 1 heterocycles. The fraction of sp³-hybridized carbons (Fsp3) is 0.118. The van der Waals surface area contributed by atoms with Crippen LogP contribution in [0.5, 0.6) is 5.88 Å². The quantitative estimate of drug-likeness (QED) is 0.501. The molecular weight excluding hydrogens is 395 g/mol. The number of ether oxygens (including phenoxy) is 1. The molecule has 1 unspecified atom stereocenters. The number of rotatable bonds is 5. The van der Waals surface area contributed by atoms with Gasteiger partial charge in [0, 0.05) is 22.8 Å². The fourth-order valence-electron chi connectivity index (χ4n) is 2.32. The number of nitrogens with zero attached hydrogens (tertiary/aromatic N) is 3. The Bertz CT molecular complexity index is 1040. The van der Waals surface area contributed by atoms with E-state index in [2.05, 4.69) is 15.3 Å². The second-order valence-electron chi connectivity index (χ2n) is 5.52. The minimum atomic E-state index is -0.944. The van der Waals surface area contributed by atoms with Gasteiger partial charge in [0.05, 0.1) is 20.8 Å². The van der Waals surface area contributed by atoms with Gasteiger partial charge in [-0.05, 0) is 25.1 Å². The van der Waals surface area contributed by atoms with Gasteiger partial charge >= 0.3 is 0 Å². The van der Waals surface area contributed by atoms with Gasteiger partial charge in [-0.2, -0.15) is 0 Å². The molecule has 0 spiro atoms. The number of non-ortho nitro benzene ring substituents is 1. The lowest BCUT2D eigenvalue weighted by Crippen LogP contribution is -2.30. The SMILES string of the molecule is CC(Oc1ncnc2c(Cl)cc(Cl)cc12)C(=O)Nc1cccc([N+](=O)[O-])c1. The summed E-state index contributed by atoms with van der Waals surface area (Å²) in [6.07, 6.45) is 0.322. The number of carbonyl (C=O) groups excluding carboxylic acids is 1. The zero-order valence-electron chi connectivity index (χ0n) is 13.8. The molecule has 0 saturated heterocycles. The number of fused-ring (bicyclic) bond motifs is 1. The molecule has 0 bridgehead atoms. The molecule has 27 heavy (non-hydrogen) atoms. The second kappa shape index (κ2) is 7.73. The van der Waals surface area contributed by atoms with Gasteiger partial charge < -0.3 is 10.1 Å². The smallest absolute Gasteiger partial charge is 0.271 e. The molecule has 3 rings (SSSR count). The first-order valence-electron chi connectivity index (χ1n) is 7.67. The summed E-state index contributed by atoms with van der Waals surface area (Å²) in [6.45, 7) is 1.52. The standard InChI is InChI=1S/C17H12Cl2N4O4/c1-9(16(24)22-11-3-2-4-12(7-11)23(25)26)27-17-13-5-10(18)6-14(19)15(13)20-8-21-17/h2-9H,1H3,(H,22,24). The number of amides is 1. The number of hydrogen-bond donors (Lipinski definition) is 1. The predicted molar refractivity (Wildman–Crippen MR) is 101 cm³/mol. The Labute approximate surface area is 163 Å². The molecule has 1 atom stereocenters. The van der Waals surface area contributed by atoms with Gasteiger partial charge in [0.15, 0.2) is 6.10 Å². The molecule has 8 nitrogen and oxygen atoms in total. The normalized spacial score (nSPS) is 11.8. The lowest BCUT2D eigenvalue weighted by molar-refractivity contribution is -0.384. The van der Waals surface area contributed by atoms with E-state index in [4.69, 9.17) is 27.9 Å². The molecule has 10 heteroatoms. The van der Waals surface area contributed by atoms with E-state index in [1.165, 1.54) is 37.5 Å². The molecule has 1 aromatic heterocycles. The van der Waals surface area contributed by atoms with Gasteiger partial charge in [-0.3, -0.25) is 14.9 Å². The number of benzene rings is 2. The van der Waals surface area contributed by atoms with Crippen LogP contribution in [0.15, 0.2) is 42.7 Å². The number of nitro groups is 1. The van der Waals surface area contributed by atoms with Crippen LogP contribution in [0.25, 0.3) is 10.9 Å². The Kier molecular flexibility index (Phi) is 5.38. The van der Waals surface area contributed by atoms with Crippen molar-refractivity contribution >= 4 is 51.4 Å². The van der Waals surface area contributed by atoms with E-state index in [9.17, 15) is 14.9 Å². The average molecular weight is 407 g/mol. The zero-order chi connectivity index (χ0) is 19.6. The second-order valence-corrected chi connectivity index (χ2v) is 6.36. The average Bonchev–Trinajstić information content (AvgIpc) is 2.62. The molecule has 0 radical (unpaired) electrons. The van der Waals surface area contributed by atoms with E-state index < -0.39 is 16.9 Å². The molecule has 0 saturated carbocycles. The minimum absolute atomic E-state index is 0.132. The number of carbonyl (C=O) groups is 1. The van der Waals surface area contributed by atoms with Gasteiger partial charge in [-0.1, -0.05) is 29.3 Å². The Morgan fingerprint density at radius 3 is 2.78 bits per heavy atom. The van der Waals surface area contributed by atoms with E-state index in [0.717, 1.165) is 0 Å². The third-order valence-corrected chi connectivity index (χ3v) is 4.11. The molecule has 1 amide bonds. The molecule has 0 aliphatic heterocycles. The van der Waals surface area contributed by atoms with Crippen molar-refractivity contribution in [3.05, 3.63) is 62.9 Å². The lowest BCUT2D eigenvalue weighted by atomic mass is 10.2. The first-order chi connectivity index (χ1) is 12.8. The van der Waals surface area contributed by atoms with Gasteiger partial charge in [0.2, 0.25) is 5.88 Å². The third-order valence-electron chi connectivity index (χ3n) is 3.60. The van der Waals surface area contributed by atoms with Crippen LogP contribution >= 0.6 is 23.2 Å². The fourth-order valence-corrected chi connectivity index (χ4v) is 2.87. The zero-order valence-corrected chi connectivity index (χ0v) is 15.4. The van der Waals surface area contributed by atoms with Crippen molar-refractivity contribution in [1.29, 1.82) is 0 Å². The summed E-state index contributed by atoms with van der Waals surface area (Å²) >= 11 is 12.1. The Hall–Kier alpha value is -2.97. The third kappa shape index (κ3) is 4.24. The van der Waals surface area contributed by atoms with E-state index >= 15 is 0 Å². The number of anilines is 1. The van der Waals surface area contributed by atoms with Crippen molar-refractivity contribution in [2.24, 2.45) is 0 Å². The number of nitro benzene ring substituents is 1. The van der Waals surface area contributed by atoms with Crippen LogP contribution in [0, 0.1) is 10.1 Å². The molecule has 138 valence electrons. The summed E-state index contributed by atoms with van der Waals surface area (Å²) in [6, 6.07) is 8.72. The highest BCUT2D eigenvalue weighted by molar-refractivity contribution is 6.38. The van der Waals surface area contributed by atoms with Crippen LogP contribution in [0.1, 0.15) is 6.92 Å². The highest BCUT2D eigenvalue weighted by atomic mass is 35.5. The van der Waals surface area contributed by atoms with Crippen LogP contribution in [0.2, 0.25) is 10.0 Å². The lowest BCUT2D eigenvalue weighted by Gasteiger charge is -2.15. The highest BCUT2D eigenvalue weighted by Gasteiger charge is 2.19. The number of hydrogen-bond acceptors (Lipinski definition) is 6. The van der Waals surface area contributed by atoms with Crippen molar-refractivity contribution in [3.8, 4) is 5.88 Å². The Balaban J connectivity index is 1.80. The summed E-state index contributed by atoms with van der Waals surface area (Å²) < 4.78 is 5.63. The number of aromatic nitrogens is 2. The van der Waals surface area contributed by atoms with E-state index in [1.54, 1.807) is 12.1 Å². The van der Waals surface area contributed by atoms with Crippen molar-refractivity contribution in [3.63, 3.8) is 0 Å². The van der Waals surface area contributed by atoms with Crippen molar-refractivity contribution < 1.29 is 14.5 Å². The number of halogens is 2. The highest BCUT2D eigenvalue weighted by Crippen LogP contribution is 2.31. The van der Waals surface area contributed by atoms with Crippen LogP contribution in [-0.4, -0.2) is 26.9 Å². The van der Waals surface area contributed by atoms with Crippen LogP contribution in [0.4, 0.5) is 11.4 Å². The molecular formula is C17H12Cl2N4O4. The van der Waals surface area contributed by atoms with Crippen molar-refractivity contribution in [1.82, 2.24) is 9.97 Å². The molecule has 0 fully saturated rings. The summed E-state index contributed by atoms with van der Waals surface area (Å²) in [5.74, 6) is -0.360. The van der Waals surface area contributed by atoms with E-state index in [0.29, 0.717) is 20.9 Å². The maximum Gasteiger partial charge on any atom is 0.271 e. The predicted octanol–water partition coefficient (Wildman–Crippen LogP) is 4.25. The Morgan fingerprint density at radius 1 is 1.26 bits per heavy atom. The van der Waals surface area contributed by atoms with Crippen molar-refractivity contribution in [2.45, 2.75) is 13.0 Å². The maximum atomic E-state index is 12.4. The van der Waals surface area contributed by atoms with Gasteiger partial charge in [0.1, 0.15) is 6.33 Å². The molecule has 3 aromatic rings. The van der Waals surface area contributed by atoms with Gasteiger partial charge in [-0.25, -0.2) is 9.97 Å². The monoisotopic (exact) mass is 406 g/mol. The molecule has 2 aromatic carbocycles. The van der Waals surface area contributed by atoms with Crippen LogP contribution in [0.3, 0.4) is 0 Å². The molecule has 0 aliphatic rings. The summed E-state index contributed by atoms with van der Waals surface area (Å²) in [5, 5.41) is 14.6. The summed E-state index contributed by atoms with van der Waals surface area (Å²) in [5.41, 5.74) is 0.591. The molecule has 0 aliphatic carbocycles. The van der Waals surface area contributed by atoms with Crippen LogP contribution in [-0.2, 0) is 4.79 Å². The minimum Gasteiger partial charge on any atom is -0.464 e. The topological polar surface area (TPSA) is 107 Å². The summed E-state index contributed by atoms with van der Waals surface area (Å²) in [7, 11) is 0. The molecule has 1 N–H and O–H groups in total. The van der Waals surface area contributed by atoms with Gasteiger partial charge in [0.25, 0.3) is 11.6 Å². The first-order valence-corrected chi connectivity index (χ1v) is 8.42. The van der Waals surface area contributed by atoms with Crippen LogP contribution < -0.4 is 10.1 Å². The van der Waals surface area contributed by atoms with Crippen molar-refractivity contribution in [2.75, 3.05) is 5.32 Å². The van der Waals surface area contributed by atoms with Gasteiger partial charge in [-0.15, -0.1) is 0 Å². The largest absolute Gasteiger partial charge is 0.464 e. The maximum absolute atomic E-state index is 12.4. The van der Waals surface area contributed by atoms with E-state index in [-0.39, 0.29) is 17.3 Å². The first kappa shape index (κ1) is 18.8. The van der Waals surface area contributed by atoms with E-state index in [1.807, 2.05) is 0 Å². The Morgan fingerprint density at radius 2 is 2.04 bits per heavy atom. The number of nitrogens with one attached hydrogen (secondary N) is 1. The summed E-state index contributed by atoms with van der Waals surface area (Å²) in [4.78, 5) is 30.8.